The number of halogens is 5. The number of nitrogen functional groups attached to an aromatic ring is 1. The van der Waals surface area contributed by atoms with Crippen molar-refractivity contribution >= 4 is 56.9 Å². The van der Waals surface area contributed by atoms with E-state index in [4.69, 9.17) is 41.5 Å². The summed E-state index contributed by atoms with van der Waals surface area (Å²) < 4.78 is 79.9. The summed E-state index contributed by atoms with van der Waals surface area (Å²) in [7, 11) is 1.99. The Morgan fingerprint density at radius 3 is 2.47 bits per heavy atom. The number of anilines is 2. The number of piperidine rings is 1. The topological polar surface area (TPSA) is 191 Å². The third-order valence-electron chi connectivity index (χ3n) is 14.6. The lowest BCUT2D eigenvalue weighted by atomic mass is 9.86. The summed E-state index contributed by atoms with van der Waals surface area (Å²) in [5, 5.41) is 11.9. The second-order valence-electron chi connectivity index (χ2n) is 19.2. The van der Waals surface area contributed by atoms with Crippen molar-refractivity contribution in [2.24, 2.45) is 0 Å². The summed E-state index contributed by atoms with van der Waals surface area (Å²) in [5.41, 5.74) is 4.65. The average molecular weight is 1030 g/mol. The second-order valence-corrected chi connectivity index (χ2v) is 19.6. The molecule has 3 N–H and O–H groups in total. The van der Waals surface area contributed by atoms with Crippen molar-refractivity contribution in [3.8, 4) is 34.4 Å². The molecule has 6 aromatic rings. The maximum atomic E-state index is 17.1. The molecule has 2 aromatic carbocycles. The molecule has 16 nitrogen and oxygen atoms in total. The number of nitrogens with zero attached hydrogens (tertiary/aromatic N) is 8. The van der Waals surface area contributed by atoms with Crippen LogP contribution in [-0.4, -0.2) is 110 Å². The van der Waals surface area contributed by atoms with Crippen LogP contribution in [0.4, 0.5) is 29.2 Å². The Kier molecular flexibility index (Phi) is 12.6. The van der Waals surface area contributed by atoms with Crippen molar-refractivity contribution in [1.29, 1.82) is 0 Å². The summed E-state index contributed by atoms with van der Waals surface area (Å²) in [4.78, 5) is 64.3. The summed E-state index contributed by atoms with van der Waals surface area (Å²) in [6.45, 7) is 12.7. The van der Waals surface area contributed by atoms with Crippen LogP contribution in [0.25, 0.3) is 44.5 Å². The SMILES string of the molecule is C=C(COc1ccc2nc3c(c(CC)c2c1)Cn1c-3cc2c(c1=O)COC(=O)C2(O)CC)C(=O)N1CCN(c2nc(OC3CCN(C)CC3)nc3c(F)c(-c4nc(N)cc(C)c4C(F)(F)F)c(Cl)cc23)C(C)C1. The van der Waals surface area contributed by atoms with Gasteiger partial charge in [-0.2, -0.15) is 23.1 Å². The van der Waals surface area contributed by atoms with Crippen molar-refractivity contribution in [3.63, 3.8) is 0 Å². The predicted molar refractivity (Wildman–Crippen MR) is 265 cm³/mol. The number of likely N-dealkylation sites (tertiary alicyclic amines) is 1. The highest BCUT2D eigenvalue weighted by Crippen LogP contribution is 2.46. The van der Waals surface area contributed by atoms with Gasteiger partial charge in [0.15, 0.2) is 11.4 Å². The monoisotopic (exact) mass is 1030 g/mol. The van der Waals surface area contributed by atoms with E-state index in [0.717, 1.165) is 35.7 Å². The molecular weight excluding hydrogens is 974 g/mol. The number of alkyl halides is 3. The van der Waals surface area contributed by atoms with Gasteiger partial charge >= 0.3 is 18.2 Å². The molecule has 4 aliphatic heterocycles. The van der Waals surface area contributed by atoms with E-state index in [2.05, 4.69) is 21.4 Å². The molecule has 10 rings (SSSR count). The molecule has 2 saturated heterocycles. The van der Waals surface area contributed by atoms with E-state index < -0.39 is 46.4 Å². The number of cyclic esters (lactones) is 1. The molecule has 2 atom stereocenters. The van der Waals surface area contributed by atoms with Gasteiger partial charge in [-0.3, -0.25) is 9.59 Å². The van der Waals surface area contributed by atoms with Crippen molar-refractivity contribution in [2.75, 3.05) is 57.0 Å². The number of carbonyl (C=O) groups is 2. The van der Waals surface area contributed by atoms with E-state index in [1.807, 2.05) is 31.9 Å². The van der Waals surface area contributed by atoms with Crippen LogP contribution in [-0.2, 0) is 45.7 Å². The minimum Gasteiger partial charge on any atom is -0.489 e. The molecule has 0 saturated carbocycles. The van der Waals surface area contributed by atoms with Gasteiger partial charge in [0.25, 0.3) is 11.5 Å². The number of esters is 1. The van der Waals surface area contributed by atoms with Gasteiger partial charge in [0.05, 0.1) is 50.9 Å². The minimum atomic E-state index is -4.92. The van der Waals surface area contributed by atoms with Crippen LogP contribution in [0, 0.1) is 12.7 Å². The first kappa shape index (κ1) is 49.7. The van der Waals surface area contributed by atoms with E-state index in [9.17, 15) is 32.7 Å². The number of carbonyl (C=O) groups excluding carboxylic acids is 2. The second kappa shape index (κ2) is 18.5. The van der Waals surface area contributed by atoms with Crippen LogP contribution in [0.2, 0.25) is 5.02 Å². The van der Waals surface area contributed by atoms with Gasteiger partial charge in [-0.15, -0.1) is 0 Å². The van der Waals surface area contributed by atoms with Gasteiger partial charge in [0.2, 0.25) is 0 Å². The third-order valence-corrected chi connectivity index (χ3v) is 14.9. The number of aliphatic hydroxyl groups is 1. The third kappa shape index (κ3) is 8.55. The first-order valence-electron chi connectivity index (χ1n) is 24.1. The highest BCUT2D eigenvalue weighted by atomic mass is 35.5. The van der Waals surface area contributed by atoms with Crippen LogP contribution in [0.5, 0.6) is 11.8 Å². The molecular formula is C52H52ClF4N9O7. The lowest BCUT2D eigenvalue weighted by molar-refractivity contribution is -0.172. The van der Waals surface area contributed by atoms with Crippen molar-refractivity contribution < 1.29 is 46.5 Å². The van der Waals surface area contributed by atoms with Crippen molar-refractivity contribution in [3.05, 3.63) is 103 Å². The molecule has 382 valence electrons. The van der Waals surface area contributed by atoms with E-state index in [-0.39, 0.29) is 119 Å². The van der Waals surface area contributed by atoms with Gasteiger partial charge in [-0.25, -0.2) is 19.2 Å². The molecule has 8 heterocycles. The average Bonchev–Trinajstić information content (AvgIpc) is 3.72. The molecule has 4 aromatic heterocycles. The highest BCUT2D eigenvalue weighted by molar-refractivity contribution is 6.34. The van der Waals surface area contributed by atoms with Crippen LogP contribution < -0.4 is 25.7 Å². The zero-order valence-corrected chi connectivity index (χ0v) is 41.5. The molecule has 0 bridgehead atoms. The van der Waals surface area contributed by atoms with Crippen molar-refractivity contribution in [1.82, 2.24) is 34.3 Å². The number of aryl methyl sites for hydroxylation is 2. The summed E-state index contributed by atoms with van der Waals surface area (Å²) >= 11 is 6.72. The Bertz CT molecular complexity index is 3380. The number of benzene rings is 2. The van der Waals surface area contributed by atoms with Crippen LogP contribution in [0.1, 0.15) is 73.4 Å². The number of amides is 1. The molecule has 0 radical (unpaired) electrons. The fourth-order valence-electron chi connectivity index (χ4n) is 10.7. The Labute approximate surface area is 421 Å². The molecule has 2 unspecified atom stereocenters. The van der Waals surface area contributed by atoms with E-state index in [1.165, 1.54) is 13.0 Å². The Hall–Kier alpha value is -6.90. The normalized spacial score (nSPS) is 19.2. The number of aromatic nitrogens is 5. The van der Waals surface area contributed by atoms with Crippen LogP contribution in [0.15, 0.2) is 53.3 Å². The van der Waals surface area contributed by atoms with E-state index >= 15 is 4.39 Å². The first-order valence-corrected chi connectivity index (χ1v) is 24.5. The number of pyridine rings is 3. The number of piperazine rings is 1. The zero-order valence-electron chi connectivity index (χ0n) is 40.8. The fourth-order valence-corrected chi connectivity index (χ4v) is 11.0. The molecule has 4 aliphatic rings. The lowest BCUT2D eigenvalue weighted by Crippen LogP contribution is -2.54. The van der Waals surface area contributed by atoms with Gasteiger partial charge in [-0.05, 0) is 94.1 Å². The summed E-state index contributed by atoms with van der Waals surface area (Å²) in [6, 6.07) is 8.85. The number of hydrogen-bond acceptors (Lipinski definition) is 14. The van der Waals surface area contributed by atoms with E-state index in [0.29, 0.717) is 41.9 Å². The number of hydrogen-bond donors (Lipinski definition) is 2. The van der Waals surface area contributed by atoms with Crippen molar-refractivity contribution in [2.45, 2.75) is 90.5 Å². The van der Waals surface area contributed by atoms with Gasteiger partial charge in [0.1, 0.15) is 42.2 Å². The quantitative estimate of drug-likeness (QED) is 0.0778. The number of fused-ring (bicyclic) bond motifs is 6. The van der Waals surface area contributed by atoms with Crippen LogP contribution in [0.3, 0.4) is 0 Å². The Morgan fingerprint density at radius 2 is 1.77 bits per heavy atom. The Morgan fingerprint density at radius 1 is 1.01 bits per heavy atom. The maximum absolute atomic E-state index is 17.1. The maximum Gasteiger partial charge on any atom is 0.418 e. The number of rotatable bonds is 10. The molecule has 1 amide bonds. The van der Waals surface area contributed by atoms with Gasteiger partial charge in [0, 0.05) is 66.2 Å². The number of ether oxygens (including phenoxy) is 3. The van der Waals surface area contributed by atoms with E-state index in [1.54, 1.807) is 34.6 Å². The first-order chi connectivity index (χ1) is 34.7. The largest absolute Gasteiger partial charge is 0.489 e. The Balaban J connectivity index is 0.889. The zero-order chi connectivity index (χ0) is 52.0. The smallest absolute Gasteiger partial charge is 0.418 e. The predicted octanol–water partition coefficient (Wildman–Crippen LogP) is 7.49. The fraction of sp³-hybridized carbons (Fsp3) is 0.404. The minimum absolute atomic E-state index is 0.0313. The van der Waals surface area contributed by atoms with Crippen LogP contribution >= 0.6 is 11.6 Å². The standard InChI is InChI=1S/C52H52ClF4N9O7/c1-7-30-31-18-29(9-10-37(31)59-43-33(30)22-66-38(43)20-35-34(48(66)68)24-72-49(69)51(35,70)8-2)71-23-26(4)47(67)64-15-16-65(27(5)21-64)46-32-19-36(53)40(45-41(52(55,56)57)25(3)17-39(58)60-45)42(54)44(32)61-50(62-46)73-28-11-13-63(6)14-12-28/h9-10,17-20,27-28,70H,4,7-8,11-16,21-24H2,1-3,5-6H3,(H2,58,60). The van der Waals surface area contributed by atoms with Gasteiger partial charge in [-0.1, -0.05) is 32.0 Å². The number of nitrogens with two attached hydrogens (primary N) is 1. The molecule has 0 aliphatic carbocycles. The lowest BCUT2D eigenvalue weighted by Gasteiger charge is -2.41. The van der Waals surface area contributed by atoms with Gasteiger partial charge < -0.3 is 44.3 Å². The molecule has 73 heavy (non-hydrogen) atoms. The molecule has 2 fully saturated rings. The summed E-state index contributed by atoms with van der Waals surface area (Å²) in [6.07, 6.45) is -3.32. The highest BCUT2D eigenvalue weighted by Gasteiger charge is 2.46. The molecule has 0 spiro atoms. The summed E-state index contributed by atoms with van der Waals surface area (Å²) in [5.74, 6) is -1.86. The molecule has 21 heteroatoms.